The van der Waals surface area contributed by atoms with Crippen molar-refractivity contribution in [2.45, 2.75) is 232 Å². The van der Waals surface area contributed by atoms with E-state index >= 15 is 0 Å². The first-order chi connectivity index (χ1) is 23.2. The highest BCUT2D eigenvalue weighted by Gasteiger charge is 2.06. The van der Waals surface area contributed by atoms with Crippen LogP contribution in [0.25, 0.3) is 0 Å². The van der Waals surface area contributed by atoms with E-state index in [4.69, 9.17) is 9.47 Å². The SMILES string of the molecule is CCCCCCCCCCCCCCCCCCOC(=O)CCSCCC(=O)OCCCCCCCCCCCCCCCCCC.P. The van der Waals surface area contributed by atoms with E-state index in [9.17, 15) is 9.59 Å². The van der Waals surface area contributed by atoms with Crippen LogP contribution in [0.3, 0.4) is 0 Å². The molecule has 0 spiro atoms. The zero-order valence-corrected chi connectivity index (χ0v) is 34.8. The van der Waals surface area contributed by atoms with Gasteiger partial charge in [0.15, 0.2) is 0 Å². The monoisotopic (exact) mass is 717 g/mol. The average molecular weight is 717 g/mol. The minimum absolute atomic E-state index is 0. The molecule has 0 bridgehead atoms. The van der Waals surface area contributed by atoms with Crippen molar-refractivity contribution in [3.63, 3.8) is 0 Å². The highest BCUT2D eigenvalue weighted by Crippen LogP contribution is 2.15. The molecule has 48 heavy (non-hydrogen) atoms. The molecule has 0 heterocycles. The molecule has 0 saturated carbocycles. The van der Waals surface area contributed by atoms with Gasteiger partial charge in [0.2, 0.25) is 0 Å². The molecule has 0 fully saturated rings. The van der Waals surface area contributed by atoms with E-state index in [0.717, 1.165) is 25.7 Å². The Morgan fingerprint density at radius 3 is 0.792 bits per heavy atom. The predicted molar refractivity (Wildman–Crippen MR) is 219 cm³/mol. The number of rotatable bonds is 40. The maximum absolute atomic E-state index is 12.0. The lowest BCUT2D eigenvalue weighted by atomic mass is 10.0. The number of hydrogen-bond donors (Lipinski definition) is 0. The van der Waals surface area contributed by atoms with Crippen molar-refractivity contribution in [2.24, 2.45) is 0 Å². The van der Waals surface area contributed by atoms with Crippen molar-refractivity contribution in [1.29, 1.82) is 0 Å². The Labute approximate surface area is 308 Å². The summed E-state index contributed by atoms with van der Waals surface area (Å²) in [6.07, 6.45) is 44.0. The van der Waals surface area contributed by atoms with Gasteiger partial charge in [0.1, 0.15) is 0 Å². The highest BCUT2D eigenvalue weighted by atomic mass is 32.2. The van der Waals surface area contributed by atoms with Gasteiger partial charge in [-0.2, -0.15) is 21.7 Å². The molecule has 0 aliphatic heterocycles. The maximum atomic E-state index is 12.0. The first-order valence-electron chi connectivity index (χ1n) is 21.1. The molecule has 6 heteroatoms. The van der Waals surface area contributed by atoms with E-state index in [2.05, 4.69) is 13.8 Å². The minimum atomic E-state index is -0.107. The van der Waals surface area contributed by atoms with Gasteiger partial charge in [-0.25, -0.2) is 0 Å². The van der Waals surface area contributed by atoms with Crippen molar-refractivity contribution in [3.05, 3.63) is 0 Å². The van der Waals surface area contributed by atoms with E-state index in [-0.39, 0.29) is 21.8 Å². The summed E-state index contributed by atoms with van der Waals surface area (Å²) in [5.41, 5.74) is 0. The van der Waals surface area contributed by atoms with Crippen LogP contribution in [-0.4, -0.2) is 36.7 Å². The summed E-state index contributed by atoms with van der Waals surface area (Å²) in [6, 6.07) is 0. The summed E-state index contributed by atoms with van der Waals surface area (Å²) in [5.74, 6) is 1.21. The van der Waals surface area contributed by atoms with Gasteiger partial charge in [0.25, 0.3) is 0 Å². The molecule has 0 amide bonds. The molecule has 0 N–H and O–H groups in total. The molecular weight excluding hydrogens is 631 g/mol. The van der Waals surface area contributed by atoms with E-state index in [1.165, 1.54) is 180 Å². The Balaban J connectivity index is 0. The number of esters is 2. The maximum Gasteiger partial charge on any atom is 0.306 e. The number of unbranched alkanes of at least 4 members (excludes halogenated alkanes) is 30. The van der Waals surface area contributed by atoms with Gasteiger partial charge in [0, 0.05) is 11.5 Å². The predicted octanol–water partition coefficient (Wildman–Crippen LogP) is 14.2. The molecule has 0 saturated heterocycles. The summed E-state index contributed by atoms with van der Waals surface area (Å²) in [6.45, 7) is 5.67. The molecule has 0 rings (SSSR count). The molecule has 1 atom stereocenters. The normalized spacial score (nSPS) is 11.0. The molecule has 0 radical (unpaired) electrons. The number of carbonyl (C=O) groups is 2. The number of thioether (sulfide) groups is 1. The summed E-state index contributed by atoms with van der Waals surface area (Å²) in [4.78, 5) is 23.9. The van der Waals surface area contributed by atoms with Crippen LogP contribution in [0.4, 0.5) is 0 Å². The van der Waals surface area contributed by atoms with E-state index in [1.807, 2.05) is 0 Å². The highest BCUT2D eigenvalue weighted by molar-refractivity contribution is 7.99. The second-order valence-corrected chi connectivity index (χ2v) is 15.4. The average Bonchev–Trinajstić information content (AvgIpc) is 3.07. The first-order valence-corrected chi connectivity index (χ1v) is 22.2. The van der Waals surface area contributed by atoms with E-state index in [1.54, 1.807) is 11.8 Å². The molecule has 4 nitrogen and oxygen atoms in total. The third-order valence-electron chi connectivity index (χ3n) is 9.42. The minimum Gasteiger partial charge on any atom is -0.466 e. The van der Waals surface area contributed by atoms with Crippen molar-refractivity contribution < 1.29 is 19.1 Å². The van der Waals surface area contributed by atoms with Crippen LogP contribution < -0.4 is 0 Å². The topological polar surface area (TPSA) is 52.6 Å². The Bertz CT molecular complexity index is 581. The van der Waals surface area contributed by atoms with Gasteiger partial charge in [-0.3, -0.25) is 9.59 Å². The van der Waals surface area contributed by atoms with Gasteiger partial charge >= 0.3 is 11.9 Å². The fourth-order valence-corrected chi connectivity index (χ4v) is 7.06. The van der Waals surface area contributed by atoms with Crippen LogP contribution in [0.1, 0.15) is 232 Å². The van der Waals surface area contributed by atoms with Crippen molar-refractivity contribution in [2.75, 3.05) is 24.7 Å². The van der Waals surface area contributed by atoms with Crippen molar-refractivity contribution in [1.82, 2.24) is 0 Å². The molecule has 0 aromatic rings. The van der Waals surface area contributed by atoms with Crippen LogP contribution in [0.5, 0.6) is 0 Å². The third kappa shape index (κ3) is 43.7. The zero-order valence-electron chi connectivity index (χ0n) is 32.6. The van der Waals surface area contributed by atoms with Crippen LogP contribution in [-0.2, 0) is 19.1 Å². The summed E-state index contributed by atoms with van der Waals surface area (Å²) >= 11 is 1.64. The Hall–Kier alpha value is -0.280. The second kappa shape index (κ2) is 44.7. The Morgan fingerprint density at radius 1 is 0.354 bits per heavy atom. The molecule has 0 aromatic carbocycles. The molecular formula is C42H85O4PS. The van der Waals surface area contributed by atoms with Crippen LogP contribution >= 0.6 is 21.7 Å². The molecule has 1 unspecified atom stereocenters. The van der Waals surface area contributed by atoms with Gasteiger partial charge < -0.3 is 9.47 Å². The first kappa shape index (κ1) is 49.8. The lowest BCUT2D eigenvalue weighted by molar-refractivity contribution is -0.144. The summed E-state index contributed by atoms with van der Waals surface area (Å²) < 4.78 is 10.8. The second-order valence-electron chi connectivity index (χ2n) is 14.2. The Kier molecular flexibility index (Phi) is 46.4. The fourth-order valence-electron chi connectivity index (χ4n) is 6.23. The molecule has 0 aromatic heterocycles. The fraction of sp³-hybridized carbons (Fsp3) is 0.952. The lowest BCUT2D eigenvalue weighted by Gasteiger charge is -2.06. The van der Waals surface area contributed by atoms with Gasteiger partial charge in [0.05, 0.1) is 26.1 Å². The van der Waals surface area contributed by atoms with E-state index in [0.29, 0.717) is 37.6 Å². The zero-order chi connectivity index (χ0) is 34.1. The smallest absolute Gasteiger partial charge is 0.306 e. The van der Waals surface area contributed by atoms with Crippen LogP contribution in [0.15, 0.2) is 0 Å². The lowest BCUT2D eigenvalue weighted by Crippen LogP contribution is -2.09. The van der Waals surface area contributed by atoms with Crippen molar-refractivity contribution in [3.8, 4) is 0 Å². The number of ether oxygens (including phenoxy) is 2. The number of carbonyl (C=O) groups excluding carboxylic acids is 2. The standard InChI is InChI=1S/C42H82O4S.H3P/c1-3-5-7-9-11-13-15-17-19-21-23-25-27-29-31-33-37-45-41(43)35-39-47-40-36-42(44)46-38-34-32-30-28-26-24-22-20-18-16-14-12-10-8-6-4-2;/h3-40H2,1-2H3;1H3. The quantitative estimate of drug-likeness (QED) is 0.0359. The molecule has 0 aliphatic rings. The van der Waals surface area contributed by atoms with Crippen LogP contribution in [0.2, 0.25) is 0 Å². The van der Waals surface area contributed by atoms with Gasteiger partial charge in [-0.05, 0) is 12.8 Å². The van der Waals surface area contributed by atoms with Gasteiger partial charge in [-0.15, -0.1) is 0 Å². The van der Waals surface area contributed by atoms with Gasteiger partial charge in [-0.1, -0.05) is 206 Å². The molecule has 288 valence electrons. The third-order valence-corrected chi connectivity index (χ3v) is 10.4. The summed E-state index contributed by atoms with van der Waals surface area (Å²) in [7, 11) is 0. The Morgan fingerprint density at radius 2 is 0.562 bits per heavy atom. The molecule has 0 aliphatic carbocycles. The van der Waals surface area contributed by atoms with Crippen LogP contribution in [0, 0.1) is 0 Å². The van der Waals surface area contributed by atoms with Crippen molar-refractivity contribution >= 4 is 33.6 Å². The number of hydrogen-bond acceptors (Lipinski definition) is 5. The largest absolute Gasteiger partial charge is 0.466 e. The van der Waals surface area contributed by atoms with E-state index < -0.39 is 0 Å². The summed E-state index contributed by atoms with van der Waals surface area (Å²) in [5, 5.41) is 0.